The smallest absolute Gasteiger partial charge is 0.265 e. The second-order valence-corrected chi connectivity index (χ2v) is 6.39. The van der Waals surface area contributed by atoms with Gasteiger partial charge in [-0.1, -0.05) is 41.8 Å². The Morgan fingerprint density at radius 2 is 1.96 bits per heavy atom. The summed E-state index contributed by atoms with van der Waals surface area (Å²) in [6, 6.07) is 12.5. The number of anilines is 1. The van der Waals surface area contributed by atoms with Gasteiger partial charge in [0, 0.05) is 11.1 Å². The Kier molecular flexibility index (Phi) is 4.20. The van der Waals surface area contributed by atoms with Crippen molar-refractivity contribution in [2.75, 3.05) is 11.4 Å². The molecule has 1 atom stereocenters. The Morgan fingerprint density at radius 3 is 2.68 bits per heavy atom. The Hall–Kier alpha value is -2.90. The first-order valence-corrected chi connectivity index (χ1v) is 8.06. The highest BCUT2D eigenvalue weighted by molar-refractivity contribution is 6.11. The van der Waals surface area contributed by atoms with E-state index in [0.717, 1.165) is 11.1 Å². The van der Waals surface area contributed by atoms with Crippen molar-refractivity contribution in [3.63, 3.8) is 0 Å². The summed E-state index contributed by atoms with van der Waals surface area (Å²) >= 11 is 0. The molecule has 0 saturated heterocycles. The van der Waals surface area contributed by atoms with Gasteiger partial charge >= 0.3 is 0 Å². The second-order valence-electron chi connectivity index (χ2n) is 6.39. The van der Waals surface area contributed by atoms with Crippen LogP contribution in [0.15, 0.2) is 42.5 Å². The van der Waals surface area contributed by atoms with Crippen molar-refractivity contribution < 1.29 is 14.7 Å². The van der Waals surface area contributed by atoms with Crippen molar-refractivity contribution >= 4 is 17.4 Å². The second kappa shape index (κ2) is 6.19. The fraction of sp³-hybridized carbons (Fsp3) is 0.238. The summed E-state index contributed by atoms with van der Waals surface area (Å²) in [5.41, 5.74) is 1.39. The Bertz CT molecular complexity index is 910. The molecule has 0 radical (unpaired) electrons. The number of aryl methyl sites for hydroxylation is 2. The molecular formula is C21H19NO3. The third-order valence-corrected chi connectivity index (χ3v) is 4.60. The Labute approximate surface area is 147 Å². The molecule has 0 aliphatic carbocycles. The largest absolute Gasteiger partial charge is 0.375 e. The SMILES string of the molecule is C#CCN1C(=O)[C@](O)(CC(=O)c2cc(C)ccc2C)c2ccccc21. The number of carbonyl (C=O) groups excluding carboxylic acids is 2. The standard InChI is InChI=1S/C21H19NO3/c1-4-11-22-18-8-6-5-7-17(18)21(25,20(22)24)13-19(23)16-12-14(2)9-10-15(16)3/h1,5-10,12,25H,11,13H2,2-3H3/t21-/m0/s1. The number of carbonyl (C=O) groups is 2. The van der Waals surface area contributed by atoms with E-state index in [1.165, 1.54) is 4.90 Å². The number of nitrogens with zero attached hydrogens (tertiary/aromatic N) is 1. The number of benzene rings is 2. The van der Waals surface area contributed by atoms with Gasteiger partial charge in [0.05, 0.1) is 18.7 Å². The summed E-state index contributed by atoms with van der Waals surface area (Å²) in [6.07, 6.45) is 5.04. The van der Waals surface area contributed by atoms with Gasteiger partial charge in [-0.25, -0.2) is 0 Å². The monoisotopic (exact) mass is 333 g/mol. The van der Waals surface area contributed by atoms with Crippen LogP contribution in [0.4, 0.5) is 5.69 Å². The van der Waals surface area contributed by atoms with E-state index in [4.69, 9.17) is 6.42 Å². The van der Waals surface area contributed by atoms with E-state index in [0.29, 0.717) is 16.8 Å². The summed E-state index contributed by atoms with van der Waals surface area (Å²) in [5, 5.41) is 11.1. The molecule has 0 fully saturated rings. The number of terminal acetylenes is 1. The van der Waals surface area contributed by atoms with Crippen LogP contribution in [0.1, 0.15) is 33.5 Å². The van der Waals surface area contributed by atoms with E-state index in [2.05, 4.69) is 5.92 Å². The lowest BCUT2D eigenvalue weighted by Gasteiger charge is -2.22. The lowest BCUT2D eigenvalue weighted by atomic mass is 9.87. The molecule has 1 heterocycles. The number of ketones is 1. The maximum absolute atomic E-state index is 12.8. The molecule has 2 aromatic rings. The van der Waals surface area contributed by atoms with Crippen molar-refractivity contribution in [1.29, 1.82) is 0 Å². The van der Waals surface area contributed by atoms with E-state index in [9.17, 15) is 14.7 Å². The van der Waals surface area contributed by atoms with Gasteiger partial charge in [0.15, 0.2) is 11.4 Å². The molecule has 1 N–H and O–H groups in total. The van der Waals surface area contributed by atoms with Crippen LogP contribution >= 0.6 is 0 Å². The third-order valence-electron chi connectivity index (χ3n) is 4.60. The lowest BCUT2D eigenvalue weighted by molar-refractivity contribution is -0.135. The van der Waals surface area contributed by atoms with Gasteiger partial charge in [0.1, 0.15) is 0 Å². The van der Waals surface area contributed by atoms with Crippen LogP contribution in [0.25, 0.3) is 0 Å². The normalized spacial score (nSPS) is 18.8. The van der Waals surface area contributed by atoms with Crippen molar-refractivity contribution in [2.45, 2.75) is 25.9 Å². The van der Waals surface area contributed by atoms with Crippen molar-refractivity contribution in [1.82, 2.24) is 0 Å². The molecule has 2 aromatic carbocycles. The molecular weight excluding hydrogens is 314 g/mol. The summed E-state index contributed by atoms with van der Waals surface area (Å²) in [6.45, 7) is 3.79. The van der Waals surface area contributed by atoms with Gasteiger partial charge in [-0.2, -0.15) is 0 Å². The molecule has 4 heteroatoms. The summed E-state index contributed by atoms with van der Waals surface area (Å²) in [5.74, 6) is 1.61. The Balaban J connectivity index is 2.01. The zero-order chi connectivity index (χ0) is 18.2. The van der Waals surface area contributed by atoms with Crippen molar-refractivity contribution in [3.05, 3.63) is 64.7 Å². The van der Waals surface area contributed by atoms with Gasteiger partial charge in [0.25, 0.3) is 5.91 Å². The van der Waals surface area contributed by atoms with E-state index in [1.807, 2.05) is 26.0 Å². The van der Waals surface area contributed by atoms with Gasteiger partial charge < -0.3 is 5.11 Å². The predicted octanol–water partition coefficient (Wildman–Crippen LogP) is 2.74. The van der Waals surface area contributed by atoms with Crippen LogP contribution in [0.2, 0.25) is 0 Å². The lowest BCUT2D eigenvalue weighted by Crippen LogP contribution is -2.42. The topological polar surface area (TPSA) is 57.6 Å². The Morgan fingerprint density at radius 1 is 1.24 bits per heavy atom. The first-order valence-electron chi connectivity index (χ1n) is 8.06. The zero-order valence-corrected chi connectivity index (χ0v) is 14.2. The summed E-state index contributed by atoms with van der Waals surface area (Å²) in [4.78, 5) is 27.0. The van der Waals surface area contributed by atoms with Gasteiger partial charge in [-0.05, 0) is 31.5 Å². The minimum atomic E-state index is -1.89. The number of hydrogen-bond acceptors (Lipinski definition) is 3. The zero-order valence-electron chi connectivity index (χ0n) is 14.2. The van der Waals surface area contributed by atoms with E-state index in [-0.39, 0.29) is 18.7 Å². The fourth-order valence-electron chi connectivity index (χ4n) is 3.29. The maximum Gasteiger partial charge on any atom is 0.265 e. The van der Waals surface area contributed by atoms with Gasteiger partial charge in [0.2, 0.25) is 0 Å². The molecule has 0 spiro atoms. The van der Waals surface area contributed by atoms with Crippen LogP contribution in [0.5, 0.6) is 0 Å². The highest BCUT2D eigenvalue weighted by Crippen LogP contribution is 2.42. The number of fused-ring (bicyclic) bond motifs is 1. The average molecular weight is 333 g/mol. The maximum atomic E-state index is 12.8. The van der Waals surface area contributed by atoms with Crippen LogP contribution < -0.4 is 4.90 Å². The molecule has 1 amide bonds. The van der Waals surface area contributed by atoms with Crippen LogP contribution in [-0.2, 0) is 10.4 Å². The van der Waals surface area contributed by atoms with Gasteiger partial charge in [-0.15, -0.1) is 6.42 Å². The van der Waals surface area contributed by atoms with Crippen LogP contribution in [0, 0.1) is 26.2 Å². The highest BCUT2D eigenvalue weighted by atomic mass is 16.3. The summed E-state index contributed by atoms with van der Waals surface area (Å²) < 4.78 is 0. The van der Waals surface area contributed by atoms with E-state index >= 15 is 0 Å². The molecule has 3 rings (SSSR count). The molecule has 25 heavy (non-hydrogen) atoms. The molecule has 1 aliphatic rings. The number of rotatable bonds is 4. The highest BCUT2D eigenvalue weighted by Gasteiger charge is 2.50. The van der Waals surface area contributed by atoms with E-state index in [1.54, 1.807) is 30.3 Å². The minimum absolute atomic E-state index is 0.0514. The number of Topliss-reactive ketones (excluding diaryl/α,β-unsaturated/α-hetero) is 1. The number of para-hydroxylation sites is 1. The molecule has 1 aliphatic heterocycles. The van der Waals surface area contributed by atoms with Gasteiger partial charge in [-0.3, -0.25) is 14.5 Å². The molecule has 0 aromatic heterocycles. The fourth-order valence-corrected chi connectivity index (χ4v) is 3.29. The molecule has 126 valence electrons. The number of hydrogen-bond donors (Lipinski definition) is 1. The van der Waals surface area contributed by atoms with Crippen molar-refractivity contribution in [3.8, 4) is 12.3 Å². The van der Waals surface area contributed by atoms with Crippen LogP contribution in [0.3, 0.4) is 0 Å². The molecule has 0 bridgehead atoms. The first-order chi connectivity index (χ1) is 11.9. The summed E-state index contributed by atoms with van der Waals surface area (Å²) in [7, 11) is 0. The first kappa shape index (κ1) is 16.9. The molecule has 0 unspecified atom stereocenters. The predicted molar refractivity (Wildman–Crippen MR) is 96.4 cm³/mol. The van der Waals surface area contributed by atoms with E-state index < -0.39 is 11.5 Å². The van der Waals surface area contributed by atoms with Crippen molar-refractivity contribution in [2.24, 2.45) is 0 Å². The number of amides is 1. The minimum Gasteiger partial charge on any atom is -0.375 e. The third kappa shape index (κ3) is 2.73. The number of aliphatic hydroxyl groups is 1. The molecule has 4 nitrogen and oxygen atoms in total. The van der Waals surface area contributed by atoms with Crippen LogP contribution in [-0.4, -0.2) is 23.3 Å². The quantitative estimate of drug-likeness (QED) is 0.691. The average Bonchev–Trinajstić information content (AvgIpc) is 2.80. The molecule has 0 saturated carbocycles.